The average Bonchev–Trinajstić information content (AvgIpc) is 2.75. The fourth-order valence-electron chi connectivity index (χ4n) is 2.43. The van der Waals surface area contributed by atoms with E-state index in [-0.39, 0.29) is 6.04 Å². The number of nitrogens with two attached hydrogens (primary N) is 1. The van der Waals surface area contributed by atoms with Gasteiger partial charge in [-0.25, -0.2) is 0 Å². The highest BCUT2D eigenvalue weighted by Gasteiger charge is 2.22. The molecule has 100 valence electrons. The van der Waals surface area contributed by atoms with E-state index in [1.807, 2.05) is 0 Å². The van der Waals surface area contributed by atoms with Crippen LogP contribution in [0.4, 0.5) is 0 Å². The Labute approximate surface area is 118 Å². The van der Waals surface area contributed by atoms with Gasteiger partial charge in [0.25, 0.3) is 0 Å². The molecule has 2 atom stereocenters. The van der Waals surface area contributed by atoms with Crippen molar-refractivity contribution in [2.75, 3.05) is 6.61 Å². The van der Waals surface area contributed by atoms with E-state index < -0.39 is 0 Å². The van der Waals surface area contributed by atoms with Gasteiger partial charge in [0.05, 0.1) is 6.61 Å². The number of hydrogen-bond acceptors (Lipinski definition) is 2. The molecule has 3 heteroatoms. The Morgan fingerprint density at radius 1 is 1.33 bits per heavy atom. The summed E-state index contributed by atoms with van der Waals surface area (Å²) in [5.41, 5.74) is 8.88. The standard InChI is InChI=1S/C15H22BrNO/c1-9(2)10(3)14(17)8-12-7-13(16)6-11-4-5-18-15(11)12/h6-7,9-10,14H,4-5,8,17H2,1-3H3. The van der Waals surface area contributed by atoms with Crippen molar-refractivity contribution in [3.05, 3.63) is 27.7 Å². The summed E-state index contributed by atoms with van der Waals surface area (Å²) in [7, 11) is 0. The molecule has 1 heterocycles. The first kappa shape index (κ1) is 13.9. The average molecular weight is 312 g/mol. The van der Waals surface area contributed by atoms with E-state index in [0.29, 0.717) is 11.8 Å². The lowest BCUT2D eigenvalue weighted by molar-refractivity contribution is 0.332. The SMILES string of the molecule is CC(C)C(C)C(N)Cc1cc(Br)cc2c1OCC2. The third-order valence-corrected chi connectivity index (χ3v) is 4.47. The lowest BCUT2D eigenvalue weighted by Gasteiger charge is -2.24. The maximum atomic E-state index is 6.32. The van der Waals surface area contributed by atoms with Crippen molar-refractivity contribution in [1.29, 1.82) is 0 Å². The quantitative estimate of drug-likeness (QED) is 0.923. The van der Waals surface area contributed by atoms with Crippen molar-refractivity contribution in [3.63, 3.8) is 0 Å². The minimum Gasteiger partial charge on any atom is -0.493 e. The highest BCUT2D eigenvalue weighted by molar-refractivity contribution is 9.10. The van der Waals surface area contributed by atoms with Crippen LogP contribution in [0.5, 0.6) is 5.75 Å². The summed E-state index contributed by atoms with van der Waals surface area (Å²) in [5.74, 6) is 2.20. The van der Waals surface area contributed by atoms with E-state index >= 15 is 0 Å². The Kier molecular flexibility index (Phi) is 4.33. The number of rotatable bonds is 4. The second-order valence-electron chi connectivity index (χ2n) is 5.62. The van der Waals surface area contributed by atoms with E-state index in [4.69, 9.17) is 10.5 Å². The van der Waals surface area contributed by atoms with Crippen molar-refractivity contribution in [2.45, 2.75) is 39.7 Å². The number of hydrogen-bond donors (Lipinski definition) is 1. The van der Waals surface area contributed by atoms with Gasteiger partial charge in [0.1, 0.15) is 5.75 Å². The molecule has 0 amide bonds. The summed E-state index contributed by atoms with van der Waals surface area (Å²) in [4.78, 5) is 0. The molecule has 1 aliphatic heterocycles. The van der Waals surface area contributed by atoms with E-state index in [2.05, 4.69) is 48.8 Å². The second-order valence-corrected chi connectivity index (χ2v) is 6.54. The number of halogens is 1. The van der Waals surface area contributed by atoms with E-state index in [0.717, 1.165) is 29.7 Å². The van der Waals surface area contributed by atoms with Crippen LogP contribution in [-0.2, 0) is 12.8 Å². The van der Waals surface area contributed by atoms with Crippen molar-refractivity contribution >= 4 is 15.9 Å². The van der Waals surface area contributed by atoms with Gasteiger partial charge in [0, 0.05) is 16.9 Å². The molecule has 2 unspecified atom stereocenters. The van der Waals surface area contributed by atoms with Gasteiger partial charge in [0.15, 0.2) is 0 Å². The van der Waals surface area contributed by atoms with Crippen LogP contribution in [0.1, 0.15) is 31.9 Å². The lowest BCUT2D eigenvalue weighted by atomic mass is 9.87. The van der Waals surface area contributed by atoms with Gasteiger partial charge in [-0.3, -0.25) is 0 Å². The van der Waals surface area contributed by atoms with Crippen molar-refractivity contribution in [2.24, 2.45) is 17.6 Å². The molecule has 0 fully saturated rings. The molecule has 1 aliphatic rings. The van der Waals surface area contributed by atoms with Crippen LogP contribution in [0.25, 0.3) is 0 Å². The molecule has 18 heavy (non-hydrogen) atoms. The zero-order valence-corrected chi connectivity index (χ0v) is 13.0. The Morgan fingerprint density at radius 3 is 2.72 bits per heavy atom. The Bertz CT molecular complexity index is 431. The Hall–Kier alpha value is -0.540. The van der Waals surface area contributed by atoms with E-state index in [1.165, 1.54) is 11.1 Å². The van der Waals surface area contributed by atoms with Gasteiger partial charge in [-0.15, -0.1) is 0 Å². The van der Waals surface area contributed by atoms with Crippen LogP contribution >= 0.6 is 15.9 Å². The summed E-state index contributed by atoms with van der Waals surface area (Å²) < 4.78 is 6.88. The molecular formula is C15H22BrNO. The maximum absolute atomic E-state index is 6.32. The van der Waals surface area contributed by atoms with Gasteiger partial charge in [-0.05, 0) is 41.5 Å². The van der Waals surface area contributed by atoms with Gasteiger partial charge in [-0.2, -0.15) is 0 Å². The number of ether oxygens (including phenoxy) is 1. The first-order valence-corrected chi connectivity index (χ1v) is 7.48. The summed E-state index contributed by atoms with van der Waals surface area (Å²) in [5, 5.41) is 0. The van der Waals surface area contributed by atoms with Gasteiger partial charge < -0.3 is 10.5 Å². The topological polar surface area (TPSA) is 35.2 Å². The predicted molar refractivity (Wildman–Crippen MR) is 79.0 cm³/mol. The molecule has 0 radical (unpaired) electrons. The van der Waals surface area contributed by atoms with Crippen LogP contribution < -0.4 is 10.5 Å². The van der Waals surface area contributed by atoms with Crippen LogP contribution in [0.2, 0.25) is 0 Å². The molecule has 0 aromatic heterocycles. The molecule has 2 nitrogen and oxygen atoms in total. The first-order chi connectivity index (χ1) is 8.49. The molecule has 0 bridgehead atoms. The molecular weight excluding hydrogens is 290 g/mol. The lowest BCUT2D eigenvalue weighted by Crippen LogP contribution is -2.33. The van der Waals surface area contributed by atoms with Gasteiger partial charge in [-0.1, -0.05) is 36.7 Å². The van der Waals surface area contributed by atoms with E-state index in [9.17, 15) is 0 Å². The van der Waals surface area contributed by atoms with Crippen LogP contribution in [-0.4, -0.2) is 12.6 Å². The highest BCUT2D eigenvalue weighted by atomic mass is 79.9. The van der Waals surface area contributed by atoms with Gasteiger partial charge >= 0.3 is 0 Å². The monoisotopic (exact) mass is 311 g/mol. The van der Waals surface area contributed by atoms with Crippen LogP contribution in [0.3, 0.4) is 0 Å². The second kappa shape index (κ2) is 5.62. The molecule has 0 saturated carbocycles. The Balaban J connectivity index is 2.19. The Morgan fingerprint density at radius 2 is 2.06 bits per heavy atom. The molecule has 0 aliphatic carbocycles. The van der Waals surface area contributed by atoms with Crippen molar-refractivity contribution in [3.8, 4) is 5.75 Å². The summed E-state index contributed by atoms with van der Waals surface area (Å²) in [6.45, 7) is 7.49. The summed E-state index contributed by atoms with van der Waals surface area (Å²) in [6, 6.07) is 4.49. The van der Waals surface area contributed by atoms with Gasteiger partial charge in [0.2, 0.25) is 0 Å². The minimum atomic E-state index is 0.188. The fraction of sp³-hybridized carbons (Fsp3) is 0.600. The zero-order valence-electron chi connectivity index (χ0n) is 11.4. The summed E-state index contributed by atoms with van der Waals surface area (Å²) >= 11 is 3.58. The molecule has 2 rings (SSSR count). The third kappa shape index (κ3) is 2.89. The van der Waals surface area contributed by atoms with Crippen molar-refractivity contribution in [1.82, 2.24) is 0 Å². The number of benzene rings is 1. The minimum absolute atomic E-state index is 0.188. The predicted octanol–water partition coefficient (Wildman–Crippen LogP) is 3.55. The van der Waals surface area contributed by atoms with E-state index in [1.54, 1.807) is 0 Å². The molecule has 0 saturated heterocycles. The molecule has 1 aromatic rings. The summed E-state index contributed by atoms with van der Waals surface area (Å²) in [6.07, 6.45) is 1.90. The molecule has 0 spiro atoms. The number of fused-ring (bicyclic) bond motifs is 1. The first-order valence-electron chi connectivity index (χ1n) is 6.68. The maximum Gasteiger partial charge on any atom is 0.125 e. The van der Waals surface area contributed by atoms with Crippen LogP contribution in [0, 0.1) is 11.8 Å². The van der Waals surface area contributed by atoms with Crippen LogP contribution in [0.15, 0.2) is 16.6 Å². The highest BCUT2D eigenvalue weighted by Crippen LogP contribution is 2.34. The zero-order chi connectivity index (χ0) is 13.3. The fourth-order valence-corrected chi connectivity index (χ4v) is 2.98. The largest absolute Gasteiger partial charge is 0.493 e. The molecule has 1 aromatic carbocycles. The molecule has 2 N–H and O–H groups in total. The smallest absolute Gasteiger partial charge is 0.125 e. The van der Waals surface area contributed by atoms with Crippen molar-refractivity contribution < 1.29 is 4.74 Å². The normalized spacial score (nSPS) is 17.4. The third-order valence-electron chi connectivity index (χ3n) is 4.01.